The van der Waals surface area contributed by atoms with E-state index in [0.717, 1.165) is 6.54 Å². The Kier molecular flexibility index (Phi) is 3.64. The molecule has 17 heavy (non-hydrogen) atoms. The third-order valence-corrected chi connectivity index (χ3v) is 3.19. The van der Waals surface area contributed by atoms with E-state index in [-0.39, 0.29) is 5.02 Å². The van der Waals surface area contributed by atoms with Crippen LogP contribution in [0.3, 0.4) is 0 Å². The van der Waals surface area contributed by atoms with Crippen LogP contribution in [0.4, 0.5) is 4.39 Å². The first-order chi connectivity index (χ1) is 8.08. The Balaban J connectivity index is 2.15. The van der Waals surface area contributed by atoms with Gasteiger partial charge in [0.2, 0.25) is 5.91 Å². The predicted molar refractivity (Wildman–Crippen MR) is 64.1 cm³/mol. The number of carbonyl (C=O) groups excluding carboxylic acids is 1. The van der Waals surface area contributed by atoms with E-state index < -0.39 is 17.8 Å². The van der Waals surface area contributed by atoms with Gasteiger partial charge in [0.15, 0.2) is 0 Å². The predicted octanol–water partition coefficient (Wildman–Crippen LogP) is 2.01. The first-order valence-electron chi connectivity index (χ1n) is 5.55. The van der Waals surface area contributed by atoms with Crippen molar-refractivity contribution < 1.29 is 9.18 Å². The van der Waals surface area contributed by atoms with Gasteiger partial charge in [-0.2, -0.15) is 0 Å². The van der Waals surface area contributed by atoms with Gasteiger partial charge in [-0.1, -0.05) is 17.7 Å². The van der Waals surface area contributed by atoms with Gasteiger partial charge in [0.1, 0.15) is 11.9 Å². The zero-order chi connectivity index (χ0) is 12.4. The molecular weight excluding hydrogens is 243 g/mol. The van der Waals surface area contributed by atoms with Crippen LogP contribution in [0.15, 0.2) is 18.2 Å². The van der Waals surface area contributed by atoms with Crippen LogP contribution in [0.5, 0.6) is 0 Å². The van der Waals surface area contributed by atoms with E-state index in [0.29, 0.717) is 11.5 Å². The number of rotatable bonds is 5. The van der Waals surface area contributed by atoms with Gasteiger partial charge < -0.3 is 11.1 Å². The molecule has 2 rings (SSSR count). The molecule has 0 saturated heterocycles. The second kappa shape index (κ2) is 5.02. The molecule has 0 aromatic heterocycles. The van der Waals surface area contributed by atoms with Crippen LogP contribution in [0, 0.1) is 11.7 Å². The highest BCUT2D eigenvalue weighted by Crippen LogP contribution is 2.29. The molecule has 0 radical (unpaired) electrons. The maximum Gasteiger partial charge on any atom is 0.239 e. The van der Waals surface area contributed by atoms with Gasteiger partial charge in [0, 0.05) is 5.02 Å². The lowest BCUT2D eigenvalue weighted by molar-refractivity contribution is -0.120. The summed E-state index contributed by atoms with van der Waals surface area (Å²) in [6.07, 6.45) is 2.35. The van der Waals surface area contributed by atoms with Gasteiger partial charge in [0.25, 0.3) is 0 Å². The number of carbonyl (C=O) groups is 1. The molecule has 1 aliphatic carbocycles. The van der Waals surface area contributed by atoms with Gasteiger partial charge in [-0.25, -0.2) is 4.39 Å². The van der Waals surface area contributed by atoms with E-state index in [1.54, 1.807) is 0 Å². The number of nitrogens with one attached hydrogen (secondary N) is 1. The SMILES string of the molecule is NC(=O)C(NCC1CC1)c1ccc(F)cc1Cl. The van der Waals surface area contributed by atoms with Crippen molar-refractivity contribution in [1.29, 1.82) is 0 Å². The van der Waals surface area contributed by atoms with Crippen molar-refractivity contribution in [3.05, 3.63) is 34.6 Å². The van der Waals surface area contributed by atoms with Gasteiger partial charge in [-0.15, -0.1) is 0 Å². The van der Waals surface area contributed by atoms with Crippen LogP contribution >= 0.6 is 11.6 Å². The summed E-state index contributed by atoms with van der Waals surface area (Å²) in [5, 5.41) is 3.30. The van der Waals surface area contributed by atoms with Crippen LogP contribution in [-0.2, 0) is 4.79 Å². The van der Waals surface area contributed by atoms with Crippen molar-refractivity contribution in [1.82, 2.24) is 5.32 Å². The Morgan fingerprint density at radius 2 is 2.29 bits per heavy atom. The van der Waals surface area contributed by atoms with Crippen molar-refractivity contribution in [2.24, 2.45) is 11.7 Å². The monoisotopic (exact) mass is 256 g/mol. The van der Waals surface area contributed by atoms with E-state index in [1.165, 1.54) is 31.0 Å². The number of nitrogens with two attached hydrogens (primary N) is 1. The number of hydrogen-bond acceptors (Lipinski definition) is 2. The average Bonchev–Trinajstić information content (AvgIpc) is 3.04. The molecule has 1 aromatic rings. The van der Waals surface area contributed by atoms with Crippen molar-refractivity contribution in [2.45, 2.75) is 18.9 Å². The van der Waals surface area contributed by atoms with Crippen LogP contribution < -0.4 is 11.1 Å². The summed E-state index contributed by atoms with van der Waals surface area (Å²) in [6, 6.07) is 3.30. The maximum absolute atomic E-state index is 12.9. The average molecular weight is 257 g/mol. The summed E-state index contributed by atoms with van der Waals surface area (Å²) >= 11 is 5.91. The molecule has 1 aromatic carbocycles. The summed E-state index contributed by atoms with van der Waals surface area (Å²) in [7, 11) is 0. The zero-order valence-electron chi connectivity index (χ0n) is 9.25. The molecule has 3 nitrogen and oxygen atoms in total. The number of amides is 1. The molecule has 1 amide bonds. The van der Waals surface area contributed by atoms with Crippen LogP contribution in [0.2, 0.25) is 5.02 Å². The van der Waals surface area contributed by atoms with E-state index in [2.05, 4.69) is 5.32 Å². The van der Waals surface area contributed by atoms with E-state index >= 15 is 0 Å². The van der Waals surface area contributed by atoms with E-state index in [1.807, 2.05) is 0 Å². The van der Waals surface area contributed by atoms with Crippen LogP contribution in [0.25, 0.3) is 0 Å². The molecule has 5 heteroatoms. The standard InChI is InChI=1S/C12H14ClFN2O/c13-10-5-8(14)3-4-9(10)11(12(15)17)16-6-7-1-2-7/h3-5,7,11,16H,1-2,6H2,(H2,15,17). The highest BCUT2D eigenvalue weighted by Gasteiger charge is 2.26. The Labute approximate surface area is 104 Å². The molecule has 1 aliphatic rings. The van der Waals surface area contributed by atoms with Crippen molar-refractivity contribution in [3.63, 3.8) is 0 Å². The van der Waals surface area contributed by atoms with Gasteiger partial charge >= 0.3 is 0 Å². The van der Waals surface area contributed by atoms with Crippen molar-refractivity contribution in [2.75, 3.05) is 6.54 Å². The Morgan fingerprint density at radius 3 is 2.82 bits per heavy atom. The van der Waals surface area contributed by atoms with Gasteiger partial charge in [-0.05, 0) is 43.0 Å². The summed E-state index contributed by atoms with van der Waals surface area (Å²) < 4.78 is 12.9. The van der Waals surface area contributed by atoms with E-state index in [4.69, 9.17) is 17.3 Å². The molecule has 1 fully saturated rings. The summed E-state index contributed by atoms with van der Waals surface area (Å²) in [5.41, 5.74) is 5.86. The number of primary amides is 1. The lowest BCUT2D eigenvalue weighted by Gasteiger charge is -2.17. The quantitative estimate of drug-likeness (QED) is 0.847. The van der Waals surface area contributed by atoms with Crippen molar-refractivity contribution in [3.8, 4) is 0 Å². The lowest BCUT2D eigenvalue weighted by atomic mass is 10.1. The topological polar surface area (TPSA) is 55.1 Å². The van der Waals surface area contributed by atoms with Crippen LogP contribution in [-0.4, -0.2) is 12.5 Å². The third kappa shape index (κ3) is 3.17. The minimum absolute atomic E-state index is 0.220. The molecule has 1 atom stereocenters. The second-order valence-electron chi connectivity index (χ2n) is 4.35. The molecule has 0 spiro atoms. The zero-order valence-corrected chi connectivity index (χ0v) is 10.0. The third-order valence-electron chi connectivity index (χ3n) is 2.87. The highest BCUT2D eigenvalue weighted by atomic mass is 35.5. The highest BCUT2D eigenvalue weighted by molar-refractivity contribution is 6.31. The molecular formula is C12H14ClFN2O. The summed E-state index contributed by atoms with van der Waals surface area (Å²) in [4.78, 5) is 11.4. The second-order valence-corrected chi connectivity index (χ2v) is 4.76. The number of benzene rings is 1. The van der Waals surface area contributed by atoms with Crippen molar-refractivity contribution >= 4 is 17.5 Å². The Morgan fingerprint density at radius 1 is 1.59 bits per heavy atom. The summed E-state index contributed by atoms with van der Waals surface area (Å²) in [5.74, 6) is -0.306. The number of halogens is 2. The molecule has 3 N–H and O–H groups in total. The normalized spacial score (nSPS) is 16.8. The smallest absolute Gasteiger partial charge is 0.239 e. The Hall–Kier alpha value is -1.13. The van der Waals surface area contributed by atoms with Crippen LogP contribution in [0.1, 0.15) is 24.4 Å². The Bertz CT molecular complexity index is 435. The minimum atomic E-state index is -0.649. The molecule has 0 bridgehead atoms. The fourth-order valence-corrected chi connectivity index (χ4v) is 1.98. The fourth-order valence-electron chi connectivity index (χ4n) is 1.71. The fraction of sp³-hybridized carbons (Fsp3) is 0.417. The molecule has 0 heterocycles. The first kappa shape index (κ1) is 12.3. The molecule has 0 aliphatic heterocycles. The van der Waals surface area contributed by atoms with Gasteiger partial charge in [0.05, 0.1) is 0 Å². The largest absolute Gasteiger partial charge is 0.368 e. The molecule has 1 saturated carbocycles. The lowest BCUT2D eigenvalue weighted by Crippen LogP contribution is -2.35. The molecule has 92 valence electrons. The minimum Gasteiger partial charge on any atom is -0.368 e. The summed E-state index contributed by atoms with van der Waals surface area (Å²) in [6.45, 7) is 0.737. The number of hydrogen-bond donors (Lipinski definition) is 2. The first-order valence-corrected chi connectivity index (χ1v) is 5.93. The van der Waals surface area contributed by atoms with E-state index in [9.17, 15) is 9.18 Å². The van der Waals surface area contributed by atoms with Gasteiger partial charge in [-0.3, -0.25) is 4.79 Å². The maximum atomic E-state index is 12.9. The molecule has 1 unspecified atom stereocenters.